The molecule has 3 aromatic carbocycles. The minimum atomic E-state index is -0.945. The Bertz CT molecular complexity index is 1400. The van der Waals surface area contributed by atoms with Crippen molar-refractivity contribution in [1.29, 1.82) is 0 Å². The summed E-state index contributed by atoms with van der Waals surface area (Å²) in [5, 5.41) is 6.00. The number of nitrogens with one attached hydrogen (secondary N) is 3. The van der Waals surface area contributed by atoms with Gasteiger partial charge in [0.25, 0.3) is 5.91 Å². The van der Waals surface area contributed by atoms with Gasteiger partial charge in [-0.25, -0.2) is 4.68 Å². The molecule has 0 radical (unpaired) electrons. The van der Waals surface area contributed by atoms with E-state index in [9.17, 15) is 14.4 Å². The summed E-state index contributed by atoms with van der Waals surface area (Å²) in [4.78, 5) is 38.4. The van der Waals surface area contributed by atoms with E-state index in [0.29, 0.717) is 33.8 Å². The summed E-state index contributed by atoms with van der Waals surface area (Å²) in [6.07, 6.45) is 0. The maximum atomic E-state index is 13.1. The lowest BCUT2D eigenvalue weighted by Crippen LogP contribution is -2.36. The number of hydrogen-bond donors (Lipinski definition) is 3. The first-order chi connectivity index (χ1) is 16.9. The van der Waals surface area contributed by atoms with Crippen LogP contribution in [0.25, 0.3) is 10.9 Å². The molecule has 1 heterocycles. The Morgan fingerprint density at radius 3 is 1.89 bits per heavy atom. The van der Waals surface area contributed by atoms with Crippen molar-refractivity contribution in [1.82, 2.24) is 4.68 Å². The number of halogens is 1. The van der Waals surface area contributed by atoms with Crippen LogP contribution in [-0.2, 0) is 9.59 Å². The summed E-state index contributed by atoms with van der Waals surface area (Å²) in [5.41, 5.74) is 4.16. The van der Waals surface area contributed by atoms with Gasteiger partial charge in [-0.15, -0.1) is 0 Å². The van der Waals surface area contributed by atoms with Crippen LogP contribution in [-0.4, -0.2) is 36.6 Å². The van der Waals surface area contributed by atoms with Crippen molar-refractivity contribution in [3.05, 3.63) is 83.0 Å². The van der Waals surface area contributed by atoms with Crippen molar-refractivity contribution in [2.45, 2.75) is 0 Å². The number of carbonyl (C=O) groups excluding carboxylic acids is 3. The molecule has 1 aromatic heterocycles. The van der Waals surface area contributed by atoms with Crippen LogP contribution < -0.4 is 25.5 Å². The van der Waals surface area contributed by atoms with Crippen molar-refractivity contribution >= 4 is 55.9 Å². The van der Waals surface area contributed by atoms with Gasteiger partial charge < -0.3 is 20.1 Å². The van der Waals surface area contributed by atoms with E-state index < -0.39 is 17.7 Å². The molecule has 35 heavy (non-hydrogen) atoms. The van der Waals surface area contributed by atoms with Crippen LogP contribution in [0.2, 0.25) is 0 Å². The summed E-state index contributed by atoms with van der Waals surface area (Å²) in [7, 11) is 3.08. The van der Waals surface area contributed by atoms with E-state index in [1.807, 2.05) is 0 Å². The smallest absolute Gasteiger partial charge is 0.328 e. The van der Waals surface area contributed by atoms with Gasteiger partial charge >= 0.3 is 11.8 Å². The van der Waals surface area contributed by atoms with Crippen LogP contribution in [0.4, 0.5) is 11.4 Å². The molecule has 0 atom stereocenters. The molecular weight excluding hydrogens is 516 g/mol. The van der Waals surface area contributed by atoms with E-state index in [0.717, 1.165) is 4.47 Å². The second-order valence-electron chi connectivity index (χ2n) is 7.37. The fourth-order valence-corrected chi connectivity index (χ4v) is 3.74. The third kappa shape index (κ3) is 5.44. The number of benzene rings is 3. The van der Waals surface area contributed by atoms with Crippen molar-refractivity contribution in [3.8, 4) is 11.5 Å². The third-order valence-corrected chi connectivity index (χ3v) is 5.60. The van der Waals surface area contributed by atoms with E-state index in [1.54, 1.807) is 79.9 Å². The Morgan fingerprint density at radius 2 is 1.31 bits per heavy atom. The maximum absolute atomic E-state index is 13.1. The molecule has 0 aliphatic rings. The Balaban J connectivity index is 1.58. The SMILES string of the molecule is COc1ccc(NC(=O)C(=O)Nn2c(C(=O)Nc3ccc(OC)cc3)cc3cc(Br)ccc32)cc1. The highest BCUT2D eigenvalue weighted by molar-refractivity contribution is 9.10. The number of fused-ring (bicyclic) bond motifs is 1. The molecule has 10 heteroatoms. The van der Waals surface area contributed by atoms with Gasteiger partial charge in [-0.3, -0.25) is 19.8 Å². The van der Waals surface area contributed by atoms with Crippen molar-refractivity contribution in [2.75, 3.05) is 30.3 Å². The first-order valence-corrected chi connectivity index (χ1v) is 11.2. The van der Waals surface area contributed by atoms with Crippen molar-refractivity contribution in [3.63, 3.8) is 0 Å². The summed E-state index contributed by atoms with van der Waals surface area (Å²) < 4.78 is 12.3. The fourth-order valence-electron chi connectivity index (χ4n) is 3.36. The predicted molar refractivity (Wildman–Crippen MR) is 137 cm³/mol. The molecular formula is C25H21BrN4O5. The van der Waals surface area contributed by atoms with Crippen LogP contribution in [0.3, 0.4) is 0 Å². The lowest BCUT2D eigenvalue weighted by Gasteiger charge is -2.13. The monoisotopic (exact) mass is 536 g/mol. The summed E-state index contributed by atoms with van der Waals surface area (Å²) >= 11 is 3.41. The summed E-state index contributed by atoms with van der Waals surface area (Å²) in [6, 6.07) is 20.3. The average molecular weight is 537 g/mol. The number of nitrogens with zero attached hydrogens (tertiary/aromatic N) is 1. The number of ether oxygens (including phenoxy) is 2. The number of aromatic nitrogens is 1. The number of rotatable bonds is 6. The normalized spacial score (nSPS) is 10.5. The van der Waals surface area contributed by atoms with Gasteiger partial charge in [-0.05, 0) is 72.8 Å². The van der Waals surface area contributed by atoms with Gasteiger partial charge in [0.05, 0.1) is 19.7 Å². The zero-order chi connectivity index (χ0) is 24.9. The standard InChI is InChI=1S/C25H21BrN4O5/c1-34-19-8-4-17(5-9-19)27-23(31)22-14-15-13-16(26)3-12-21(15)30(22)29-25(33)24(32)28-18-6-10-20(35-2)11-7-18/h3-14H,1-2H3,(H,27,31)(H,28,32)(H,29,33). The van der Waals surface area contributed by atoms with Crippen LogP contribution in [0.5, 0.6) is 11.5 Å². The highest BCUT2D eigenvalue weighted by Crippen LogP contribution is 2.24. The lowest BCUT2D eigenvalue weighted by atomic mass is 10.2. The minimum Gasteiger partial charge on any atom is -0.497 e. The van der Waals surface area contributed by atoms with Crippen molar-refractivity contribution < 1.29 is 23.9 Å². The zero-order valence-electron chi connectivity index (χ0n) is 18.8. The Morgan fingerprint density at radius 1 is 0.743 bits per heavy atom. The van der Waals surface area contributed by atoms with Crippen LogP contribution in [0.15, 0.2) is 77.3 Å². The summed E-state index contributed by atoms with van der Waals surface area (Å²) in [6.45, 7) is 0. The summed E-state index contributed by atoms with van der Waals surface area (Å²) in [5.74, 6) is -1.05. The first kappa shape index (κ1) is 23.8. The zero-order valence-corrected chi connectivity index (χ0v) is 20.4. The van der Waals surface area contributed by atoms with Gasteiger partial charge in [-0.1, -0.05) is 15.9 Å². The third-order valence-electron chi connectivity index (χ3n) is 5.11. The Labute approximate surface area is 209 Å². The predicted octanol–water partition coefficient (Wildman–Crippen LogP) is 4.38. The van der Waals surface area contributed by atoms with Crippen LogP contribution in [0, 0.1) is 0 Å². The van der Waals surface area contributed by atoms with Gasteiger partial charge in [0.15, 0.2) is 0 Å². The Kier molecular flexibility index (Phi) is 7.02. The fraction of sp³-hybridized carbons (Fsp3) is 0.0800. The number of amides is 3. The van der Waals surface area contributed by atoms with E-state index in [1.165, 1.54) is 11.8 Å². The lowest BCUT2D eigenvalue weighted by molar-refractivity contribution is -0.133. The van der Waals surface area contributed by atoms with Crippen molar-refractivity contribution in [2.24, 2.45) is 0 Å². The molecule has 0 unspecified atom stereocenters. The van der Waals surface area contributed by atoms with Gasteiger partial charge in [0.2, 0.25) is 0 Å². The maximum Gasteiger partial charge on any atom is 0.328 e. The molecule has 0 saturated heterocycles. The average Bonchev–Trinajstić information content (AvgIpc) is 3.22. The molecule has 178 valence electrons. The largest absolute Gasteiger partial charge is 0.497 e. The molecule has 4 rings (SSSR count). The number of hydrogen-bond acceptors (Lipinski definition) is 5. The van der Waals surface area contributed by atoms with Gasteiger partial charge in [-0.2, -0.15) is 0 Å². The molecule has 0 aliphatic carbocycles. The molecule has 0 bridgehead atoms. The highest BCUT2D eigenvalue weighted by Gasteiger charge is 2.21. The topological polar surface area (TPSA) is 111 Å². The van der Waals surface area contributed by atoms with E-state index >= 15 is 0 Å². The highest BCUT2D eigenvalue weighted by atomic mass is 79.9. The van der Waals surface area contributed by atoms with Crippen LogP contribution >= 0.6 is 15.9 Å². The Hall–Kier alpha value is -4.31. The molecule has 4 aromatic rings. The molecule has 3 N–H and O–H groups in total. The van der Waals surface area contributed by atoms with Gasteiger partial charge in [0.1, 0.15) is 17.2 Å². The molecule has 0 saturated carbocycles. The second-order valence-corrected chi connectivity index (χ2v) is 8.29. The number of carbonyl (C=O) groups is 3. The number of anilines is 2. The quantitative estimate of drug-likeness (QED) is 0.316. The van der Waals surface area contributed by atoms with E-state index in [2.05, 4.69) is 32.0 Å². The van der Waals surface area contributed by atoms with E-state index in [-0.39, 0.29) is 5.69 Å². The van der Waals surface area contributed by atoms with Crippen LogP contribution in [0.1, 0.15) is 10.5 Å². The first-order valence-electron chi connectivity index (χ1n) is 10.4. The number of methoxy groups -OCH3 is 2. The second kappa shape index (κ2) is 10.3. The molecule has 9 nitrogen and oxygen atoms in total. The van der Waals surface area contributed by atoms with Gasteiger partial charge in [0, 0.05) is 21.2 Å². The minimum absolute atomic E-state index is 0.138. The molecule has 3 amide bonds. The van der Waals surface area contributed by atoms with E-state index in [4.69, 9.17) is 9.47 Å². The molecule has 0 fully saturated rings. The molecule has 0 aliphatic heterocycles. The molecule has 0 spiro atoms.